The number of benzene rings is 1. The average molecular weight is 340 g/mol. The van der Waals surface area contributed by atoms with E-state index in [1.807, 2.05) is 49.9 Å². The Bertz CT molecular complexity index is 524. The van der Waals surface area contributed by atoms with E-state index in [0.29, 0.717) is 6.54 Å². The molecule has 0 bridgehead atoms. The highest BCUT2D eigenvalue weighted by Crippen LogP contribution is 2.25. The Morgan fingerprint density at radius 2 is 1.96 bits per heavy atom. The van der Waals surface area contributed by atoms with Crippen LogP contribution < -0.4 is 0 Å². The molecule has 1 unspecified atom stereocenters. The van der Waals surface area contributed by atoms with Gasteiger partial charge in [0.15, 0.2) is 0 Å². The zero-order valence-electron chi connectivity index (χ0n) is 14.3. The number of carbonyl (C=O) groups excluding carboxylic acids is 1. The summed E-state index contributed by atoms with van der Waals surface area (Å²) in [5, 5.41) is 0.719. The molecule has 1 saturated heterocycles. The van der Waals surface area contributed by atoms with Gasteiger partial charge < -0.3 is 14.4 Å². The van der Waals surface area contributed by atoms with E-state index in [4.69, 9.17) is 21.1 Å². The normalized spacial score (nSPS) is 22.0. The molecule has 23 heavy (non-hydrogen) atoms. The summed E-state index contributed by atoms with van der Waals surface area (Å²) in [6.45, 7) is 6.33. The first kappa shape index (κ1) is 18.1. The maximum absolute atomic E-state index is 12.5. The first-order valence-corrected chi connectivity index (χ1v) is 8.43. The number of nitrogens with zero attached hydrogens (tertiary/aromatic N) is 1. The Morgan fingerprint density at radius 3 is 2.52 bits per heavy atom. The number of carbonyl (C=O) groups is 1. The van der Waals surface area contributed by atoms with Gasteiger partial charge in [0.1, 0.15) is 5.60 Å². The Hall–Kier alpha value is -1.26. The van der Waals surface area contributed by atoms with Gasteiger partial charge >= 0.3 is 6.09 Å². The van der Waals surface area contributed by atoms with Gasteiger partial charge in [-0.1, -0.05) is 23.7 Å². The summed E-state index contributed by atoms with van der Waals surface area (Å²) < 4.78 is 11.1. The summed E-state index contributed by atoms with van der Waals surface area (Å²) in [6, 6.07) is 7.85. The number of hydrogen-bond acceptors (Lipinski definition) is 3. The molecule has 0 radical (unpaired) electrons. The number of rotatable bonds is 3. The molecule has 1 fully saturated rings. The number of piperidine rings is 1. The van der Waals surface area contributed by atoms with Gasteiger partial charge in [-0.05, 0) is 57.7 Å². The molecule has 1 aliphatic rings. The zero-order valence-corrected chi connectivity index (χ0v) is 15.1. The molecule has 0 spiro atoms. The van der Waals surface area contributed by atoms with Crippen molar-refractivity contribution in [1.29, 1.82) is 0 Å². The standard InChI is InChI=1S/C18H26ClNO3/c1-18(2,3)23-17(21)20-10-9-16(22-4)12-15(20)11-13-5-7-14(19)8-6-13/h5-8,15-16H,9-12H2,1-4H3/t15?,16-/m1/s1. The van der Waals surface area contributed by atoms with Crippen LogP contribution in [0.1, 0.15) is 39.2 Å². The quantitative estimate of drug-likeness (QED) is 0.824. The molecule has 1 aromatic carbocycles. The van der Waals surface area contributed by atoms with Crippen LogP contribution in [-0.4, -0.2) is 42.4 Å². The minimum Gasteiger partial charge on any atom is -0.444 e. The van der Waals surface area contributed by atoms with Crippen LogP contribution in [0.2, 0.25) is 5.02 Å². The van der Waals surface area contributed by atoms with E-state index in [1.165, 1.54) is 0 Å². The second kappa shape index (κ2) is 7.54. The monoisotopic (exact) mass is 339 g/mol. The molecular weight excluding hydrogens is 314 g/mol. The molecule has 5 heteroatoms. The second-order valence-corrected chi connectivity index (χ2v) is 7.48. The highest BCUT2D eigenvalue weighted by atomic mass is 35.5. The van der Waals surface area contributed by atoms with Crippen molar-refractivity contribution in [2.24, 2.45) is 0 Å². The molecule has 4 nitrogen and oxygen atoms in total. The molecule has 0 saturated carbocycles. The molecule has 1 amide bonds. The highest BCUT2D eigenvalue weighted by Gasteiger charge is 2.34. The fourth-order valence-corrected chi connectivity index (χ4v) is 3.00. The molecule has 2 rings (SSSR count). The third-order valence-corrected chi connectivity index (χ3v) is 4.27. The van der Waals surface area contributed by atoms with Gasteiger partial charge in [0, 0.05) is 24.7 Å². The van der Waals surface area contributed by atoms with Crippen molar-refractivity contribution in [1.82, 2.24) is 4.90 Å². The van der Waals surface area contributed by atoms with E-state index in [9.17, 15) is 4.79 Å². The van der Waals surface area contributed by atoms with Crippen LogP contribution in [0.25, 0.3) is 0 Å². The van der Waals surface area contributed by atoms with Gasteiger partial charge in [0.2, 0.25) is 0 Å². The largest absolute Gasteiger partial charge is 0.444 e. The number of likely N-dealkylation sites (tertiary alicyclic amines) is 1. The van der Waals surface area contributed by atoms with Gasteiger partial charge in [0.05, 0.1) is 6.10 Å². The minimum absolute atomic E-state index is 0.0738. The van der Waals surface area contributed by atoms with Crippen molar-refractivity contribution in [3.8, 4) is 0 Å². The van der Waals surface area contributed by atoms with Crippen LogP contribution in [0.5, 0.6) is 0 Å². The molecule has 1 aromatic rings. The SMILES string of the molecule is CO[C@@H]1CCN(C(=O)OC(C)(C)C)C(Cc2ccc(Cl)cc2)C1. The van der Waals surface area contributed by atoms with Crippen molar-refractivity contribution < 1.29 is 14.3 Å². The predicted molar refractivity (Wildman–Crippen MR) is 91.9 cm³/mol. The van der Waals surface area contributed by atoms with E-state index >= 15 is 0 Å². The zero-order chi connectivity index (χ0) is 17.0. The molecular formula is C18H26ClNO3. The lowest BCUT2D eigenvalue weighted by Crippen LogP contribution is -2.50. The van der Waals surface area contributed by atoms with E-state index in [2.05, 4.69) is 0 Å². The molecule has 0 aromatic heterocycles. The van der Waals surface area contributed by atoms with Gasteiger partial charge in [-0.25, -0.2) is 4.79 Å². The van der Waals surface area contributed by atoms with Crippen LogP contribution >= 0.6 is 11.6 Å². The molecule has 1 aliphatic heterocycles. The number of halogens is 1. The number of amides is 1. The third-order valence-electron chi connectivity index (χ3n) is 4.01. The van der Waals surface area contributed by atoms with Crippen molar-refractivity contribution in [3.63, 3.8) is 0 Å². The summed E-state index contributed by atoms with van der Waals surface area (Å²) in [6.07, 6.45) is 2.37. The van der Waals surface area contributed by atoms with Crippen molar-refractivity contribution in [3.05, 3.63) is 34.9 Å². The predicted octanol–water partition coefficient (Wildman–Crippen LogP) is 4.30. The van der Waals surface area contributed by atoms with Gasteiger partial charge in [-0.15, -0.1) is 0 Å². The lowest BCUT2D eigenvalue weighted by atomic mass is 9.94. The minimum atomic E-state index is -0.486. The van der Waals surface area contributed by atoms with Gasteiger partial charge in [-0.3, -0.25) is 0 Å². The average Bonchev–Trinajstić information content (AvgIpc) is 2.47. The van der Waals surface area contributed by atoms with Gasteiger partial charge in [-0.2, -0.15) is 0 Å². The lowest BCUT2D eigenvalue weighted by Gasteiger charge is -2.39. The van der Waals surface area contributed by atoms with Crippen LogP contribution in [0.15, 0.2) is 24.3 Å². The number of ether oxygens (including phenoxy) is 2. The summed E-state index contributed by atoms with van der Waals surface area (Å²) in [7, 11) is 1.73. The maximum Gasteiger partial charge on any atom is 0.410 e. The van der Waals surface area contributed by atoms with Crippen LogP contribution in [-0.2, 0) is 15.9 Å². The second-order valence-electron chi connectivity index (χ2n) is 7.04. The molecule has 1 heterocycles. The van der Waals surface area contributed by atoms with Crippen LogP contribution in [0.3, 0.4) is 0 Å². The summed E-state index contributed by atoms with van der Waals surface area (Å²) >= 11 is 5.95. The summed E-state index contributed by atoms with van der Waals surface area (Å²) in [4.78, 5) is 14.3. The number of hydrogen-bond donors (Lipinski definition) is 0. The molecule has 2 atom stereocenters. The lowest BCUT2D eigenvalue weighted by molar-refractivity contribution is -0.0177. The van der Waals surface area contributed by atoms with Crippen LogP contribution in [0.4, 0.5) is 4.79 Å². The summed E-state index contributed by atoms with van der Waals surface area (Å²) in [5.74, 6) is 0. The first-order valence-electron chi connectivity index (χ1n) is 8.05. The Labute approximate surface area is 143 Å². The Balaban J connectivity index is 2.11. The fourth-order valence-electron chi connectivity index (χ4n) is 2.88. The van der Waals surface area contributed by atoms with Crippen LogP contribution in [0, 0.1) is 0 Å². The first-order chi connectivity index (χ1) is 10.8. The Kier molecular flexibility index (Phi) is 5.93. The van der Waals surface area contributed by atoms with Crippen molar-refractivity contribution in [2.75, 3.05) is 13.7 Å². The Morgan fingerprint density at radius 1 is 1.30 bits per heavy atom. The summed E-state index contributed by atoms with van der Waals surface area (Å²) in [5.41, 5.74) is 0.671. The molecule has 0 N–H and O–H groups in total. The smallest absolute Gasteiger partial charge is 0.410 e. The third kappa shape index (κ3) is 5.40. The fraction of sp³-hybridized carbons (Fsp3) is 0.611. The molecule has 128 valence electrons. The van der Waals surface area contributed by atoms with E-state index in [1.54, 1.807) is 7.11 Å². The topological polar surface area (TPSA) is 38.8 Å². The van der Waals surface area contributed by atoms with E-state index in [-0.39, 0.29) is 18.2 Å². The van der Waals surface area contributed by atoms with Gasteiger partial charge in [0.25, 0.3) is 0 Å². The number of methoxy groups -OCH3 is 1. The molecule has 0 aliphatic carbocycles. The van der Waals surface area contributed by atoms with E-state index < -0.39 is 5.60 Å². The van der Waals surface area contributed by atoms with Crippen molar-refractivity contribution >= 4 is 17.7 Å². The van der Waals surface area contributed by atoms with E-state index in [0.717, 1.165) is 29.8 Å². The maximum atomic E-state index is 12.5. The highest BCUT2D eigenvalue weighted by molar-refractivity contribution is 6.30. The van der Waals surface area contributed by atoms with Crippen molar-refractivity contribution in [2.45, 2.75) is 57.8 Å².